The minimum Gasteiger partial charge on any atom is -0.465 e. The molecule has 3 heterocycles. The Hall–Kier alpha value is -2.83. The van der Waals surface area contributed by atoms with Crippen molar-refractivity contribution in [1.29, 1.82) is 0 Å². The summed E-state index contributed by atoms with van der Waals surface area (Å²) in [6.45, 7) is 6.67. The van der Waals surface area contributed by atoms with Crippen molar-refractivity contribution in [2.45, 2.75) is 79.5 Å². The Balaban J connectivity index is 0.971. The third-order valence-electron chi connectivity index (χ3n) is 11.9. The van der Waals surface area contributed by atoms with E-state index in [-0.39, 0.29) is 34.6 Å². The molecule has 7 rings (SSSR count). The van der Waals surface area contributed by atoms with E-state index in [9.17, 15) is 31.5 Å². The van der Waals surface area contributed by atoms with Crippen LogP contribution in [0.25, 0.3) is 0 Å². The molecule has 2 saturated carbocycles. The molecule has 12 heteroatoms. The van der Waals surface area contributed by atoms with Gasteiger partial charge in [0.25, 0.3) is 5.92 Å². The first-order valence-electron chi connectivity index (χ1n) is 17.6. The summed E-state index contributed by atoms with van der Waals surface area (Å²) < 4.78 is 66.5. The Labute approximate surface area is 281 Å². The smallest absolute Gasteiger partial charge is 0.404 e. The zero-order valence-corrected chi connectivity index (χ0v) is 28.1. The highest BCUT2D eigenvalue weighted by molar-refractivity contribution is 7.92. The summed E-state index contributed by atoms with van der Waals surface area (Å²) >= 11 is 0. The molecule has 4 atom stereocenters. The molecule has 0 unspecified atom stereocenters. The van der Waals surface area contributed by atoms with E-state index in [4.69, 9.17) is 0 Å². The number of sulfone groups is 1. The van der Waals surface area contributed by atoms with E-state index >= 15 is 0 Å². The zero-order chi connectivity index (χ0) is 33.6. The van der Waals surface area contributed by atoms with Gasteiger partial charge in [0, 0.05) is 56.2 Å². The van der Waals surface area contributed by atoms with Gasteiger partial charge in [0.1, 0.15) is 5.82 Å². The van der Waals surface area contributed by atoms with E-state index in [2.05, 4.69) is 20.0 Å². The number of halogens is 3. The number of hydrogen-bond donors (Lipinski definition) is 2. The number of benzene rings is 2. The summed E-state index contributed by atoms with van der Waals surface area (Å²) in [6.07, 6.45) is 3.84. The lowest BCUT2D eigenvalue weighted by Gasteiger charge is -2.50. The molecule has 0 aromatic heterocycles. The van der Waals surface area contributed by atoms with Gasteiger partial charge >= 0.3 is 6.09 Å². The van der Waals surface area contributed by atoms with Gasteiger partial charge < -0.3 is 20.2 Å². The van der Waals surface area contributed by atoms with Gasteiger partial charge in [0.2, 0.25) is 0 Å². The van der Waals surface area contributed by atoms with Crippen LogP contribution < -0.4 is 10.2 Å². The van der Waals surface area contributed by atoms with Crippen LogP contribution in [0.5, 0.6) is 0 Å². The third kappa shape index (κ3) is 6.94. The molecule has 2 aromatic rings. The van der Waals surface area contributed by atoms with Crippen LogP contribution >= 0.6 is 0 Å². The number of alkyl halides is 2. The van der Waals surface area contributed by atoms with E-state index in [0.29, 0.717) is 11.8 Å². The number of nitrogens with one attached hydrogen (secondary N) is 1. The van der Waals surface area contributed by atoms with Crippen LogP contribution in [0.4, 0.5) is 23.7 Å². The Bertz CT molecular complexity index is 1550. The lowest BCUT2D eigenvalue weighted by molar-refractivity contribution is -0.0685. The molecule has 2 N–H and O–H groups in total. The number of carbonyl (C=O) groups is 1. The van der Waals surface area contributed by atoms with Crippen molar-refractivity contribution < 1.29 is 31.5 Å². The largest absolute Gasteiger partial charge is 0.465 e. The molecule has 48 heavy (non-hydrogen) atoms. The van der Waals surface area contributed by atoms with Crippen LogP contribution in [0.2, 0.25) is 0 Å². The second-order valence-electron chi connectivity index (χ2n) is 15.0. The number of carboxylic acid groups (broad SMARTS) is 1. The number of likely N-dealkylation sites (tertiary alicyclic amines) is 2. The molecular weight excluding hydrogens is 641 g/mol. The summed E-state index contributed by atoms with van der Waals surface area (Å²) in [7, 11) is -3.74. The van der Waals surface area contributed by atoms with Gasteiger partial charge in [-0.3, -0.25) is 4.90 Å². The average molecular weight is 689 g/mol. The highest BCUT2D eigenvalue weighted by atomic mass is 32.2. The standard InChI is InChI=1S/C36H47F3N4O4S/c37-27-5-1-4-26(18-27)34(42-14-3-15-42)33(31-6-2-7-32(31)40-35(44)45)25-12-16-41(17-13-25)21-24-22-43(23-24)28-8-10-29(11-9-28)48(46,47)30-19-36(38,39)20-30/h1,4-5,8-11,18,24-25,30-34,40H,2-3,6-7,12-17,19-23H2,(H,44,45)/t31-,32-,33-,34+/m0/s1. The van der Waals surface area contributed by atoms with E-state index in [1.165, 1.54) is 6.07 Å². The number of hydrogen-bond acceptors (Lipinski definition) is 6. The first-order chi connectivity index (χ1) is 23.0. The Morgan fingerprint density at radius 2 is 1.67 bits per heavy atom. The number of nitrogens with zero attached hydrogens (tertiary/aromatic N) is 3. The SMILES string of the molecule is O=C(O)N[C@H]1CCC[C@@H]1[C@H](C1CCN(CC2CN(c3ccc(S(=O)(=O)C4CC(F)(F)C4)cc3)C2)CC1)[C@@H](c1cccc(F)c1)N1CCC1. The number of rotatable bonds is 11. The Morgan fingerprint density at radius 1 is 0.958 bits per heavy atom. The average Bonchev–Trinajstić information content (AvgIpc) is 3.44. The number of amides is 1. The maximum absolute atomic E-state index is 14.6. The van der Waals surface area contributed by atoms with E-state index < -0.39 is 39.9 Å². The van der Waals surface area contributed by atoms with Crippen LogP contribution in [0.3, 0.4) is 0 Å². The summed E-state index contributed by atoms with van der Waals surface area (Å²) in [4.78, 5) is 19.1. The molecule has 0 bridgehead atoms. The van der Waals surface area contributed by atoms with Crippen molar-refractivity contribution in [3.63, 3.8) is 0 Å². The molecule has 3 aliphatic heterocycles. The van der Waals surface area contributed by atoms with Gasteiger partial charge in [-0.15, -0.1) is 0 Å². The maximum Gasteiger partial charge on any atom is 0.404 e. The van der Waals surface area contributed by atoms with Gasteiger partial charge in [-0.25, -0.2) is 26.4 Å². The molecule has 5 fully saturated rings. The van der Waals surface area contributed by atoms with Crippen LogP contribution in [0.15, 0.2) is 53.4 Å². The highest BCUT2D eigenvalue weighted by Crippen LogP contribution is 2.49. The van der Waals surface area contributed by atoms with Crippen molar-refractivity contribution >= 4 is 21.6 Å². The van der Waals surface area contributed by atoms with Gasteiger partial charge in [-0.2, -0.15) is 0 Å². The van der Waals surface area contributed by atoms with E-state index in [1.807, 2.05) is 6.07 Å². The van der Waals surface area contributed by atoms with Gasteiger partial charge in [0.15, 0.2) is 9.84 Å². The monoisotopic (exact) mass is 688 g/mol. The normalized spacial score (nSPS) is 27.1. The minimum atomic E-state index is -3.74. The van der Waals surface area contributed by atoms with Crippen molar-refractivity contribution in [3.05, 3.63) is 59.9 Å². The molecule has 8 nitrogen and oxygen atoms in total. The molecule has 3 saturated heterocycles. The van der Waals surface area contributed by atoms with Crippen molar-refractivity contribution in [2.24, 2.45) is 23.7 Å². The van der Waals surface area contributed by atoms with Crippen molar-refractivity contribution in [1.82, 2.24) is 15.1 Å². The van der Waals surface area contributed by atoms with E-state index in [1.54, 1.807) is 36.4 Å². The topological polar surface area (TPSA) is 93.2 Å². The van der Waals surface area contributed by atoms with Crippen LogP contribution in [-0.2, 0) is 9.84 Å². The van der Waals surface area contributed by atoms with Crippen LogP contribution in [0.1, 0.15) is 63.0 Å². The van der Waals surface area contributed by atoms with Crippen LogP contribution in [0, 0.1) is 29.5 Å². The summed E-state index contributed by atoms with van der Waals surface area (Å²) in [5, 5.41) is 11.5. The Morgan fingerprint density at radius 3 is 2.27 bits per heavy atom. The van der Waals surface area contributed by atoms with Gasteiger partial charge in [-0.1, -0.05) is 18.6 Å². The molecule has 5 aliphatic rings. The molecule has 2 aromatic carbocycles. The first kappa shape index (κ1) is 33.7. The quantitative estimate of drug-likeness (QED) is 0.297. The van der Waals surface area contributed by atoms with Gasteiger partial charge in [0.05, 0.1) is 10.1 Å². The predicted molar refractivity (Wildman–Crippen MR) is 178 cm³/mol. The summed E-state index contributed by atoms with van der Waals surface area (Å²) in [5.41, 5.74) is 1.95. The second kappa shape index (κ2) is 13.5. The number of anilines is 1. The van der Waals surface area contributed by atoms with Crippen molar-refractivity contribution in [3.8, 4) is 0 Å². The summed E-state index contributed by atoms with van der Waals surface area (Å²) in [6, 6.07) is 13.7. The molecule has 262 valence electrons. The fourth-order valence-corrected chi connectivity index (χ4v) is 11.1. The molecule has 2 aliphatic carbocycles. The maximum atomic E-state index is 14.6. The Kier molecular flexibility index (Phi) is 9.45. The fourth-order valence-electron chi connectivity index (χ4n) is 9.26. The molecule has 0 radical (unpaired) electrons. The van der Waals surface area contributed by atoms with Crippen LogP contribution in [-0.4, -0.2) is 92.4 Å². The zero-order valence-electron chi connectivity index (χ0n) is 27.3. The lowest BCUT2D eigenvalue weighted by Crippen LogP contribution is -2.54. The first-order valence-corrected chi connectivity index (χ1v) is 19.2. The summed E-state index contributed by atoms with van der Waals surface area (Å²) in [5.74, 6) is -1.75. The predicted octanol–water partition coefficient (Wildman–Crippen LogP) is 6.04. The number of piperidine rings is 1. The molecule has 0 spiro atoms. The highest BCUT2D eigenvalue weighted by Gasteiger charge is 2.52. The third-order valence-corrected chi connectivity index (χ3v) is 14.0. The molecule has 1 amide bonds. The fraction of sp³-hybridized carbons (Fsp3) is 0.639. The molecular formula is C36H47F3N4O4S. The van der Waals surface area contributed by atoms with Gasteiger partial charge in [-0.05, 0) is 118 Å². The second-order valence-corrected chi connectivity index (χ2v) is 17.2. The minimum absolute atomic E-state index is 0.0726. The van der Waals surface area contributed by atoms with E-state index in [0.717, 1.165) is 95.6 Å². The van der Waals surface area contributed by atoms with Crippen molar-refractivity contribution in [2.75, 3.05) is 50.7 Å². The lowest BCUT2D eigenvalue weighted by atomic mass is 9.68.